The van der Waals surface area contributed by atoms with Crippen LogP contribution in [0.25, 0.3) is 11.1 Å². The second-order valence-corrected chi connectivity index (χ2v) is 5.52. The van der Waals surface area contributed by atoms with Gasteiger partial charge in [-0.05, 0) is 42.7 Å². The van der Waals surface area contributed by atoms with Crippen LogP contribution in [0, 0.1) is 0 Å². The summed E-state index contributed by atoms with van der Waals surface area (Å²) in [6, 6.07) is 10.1. The number of benzene rings is 1. The van der Waals surface area contributed by atoms with Crippen molar-refractivity contribution in [3.8, 4) is 11.1 Å². The SMILES string of the molecule is Nc1ccc(-c2cccc(C(=O)N3CCCC3)c2)c(C(=O)O)n1. The van der Waals surface area contributed by atoms with Gasteiger partial charge in [0.05, 0.1) is 0 Å². The number of hydrogen-bond donors (Lipinski definition) is 2. The zero-order valence-electron chi connectivity index (χ0n) is 12.5. The Morgan fingerprint density at radius 1 is 1.13 bits per heavy atom. The number of rotatable bonds is 3. The van der Waals surface area contributed by atoms with Crippen molar-refractivity contribution in [2.24, 2.45) is 0 Å². The van der Waals surface area contributed by atoms with Crippen LogP contribution < -0.4 is 5.73 Å². The van der Waals surface area contributed by atoms with E-state index >= 15 is 0 Å². The molecule has 0 atom stereocenters. The monoisotopic (exact) mass is 311 g/mol. The lowest BCUT2D eigenvalue weighted by atomic mass is 10.0. The summed E-state index contributed by atoms with van der Waals surface area (Å²) in [5.41, 5.74) is 7.09. The lowest BCUT2D eigenvalue weighted by Gasteiger charge is -2.16. The van der Waals surface area contributed by atoms with E-state index in [0.29, 0.717) is 16.7 Å². The molecule has 1 fully saturated rings. The number of anilines is 1. The molecule has 3 rings (SSSR count). The third-order valence-electron chi connectivity index (χ3n) is 3.93. The van der Waals surface area contributed by atoms with Crippen molar-refractivity contribution in [2.45, 2.75) is 12.8 Å². The van der Waals surface area contributed by atoms with Gasteiger partial charge in [0.15, 0.2) is 5.69 Å². The number of nitrogens with zero attached hydrogens (tertiary/aromatic N) is 2. The lowest BCUT2D eigenvalue weighted by molar-refractivity contribution is 0.0691. The van der Waals surface area contributed by atoms with Crippen molar-refractivity contribution in [3.63, 3.8) is 0 Å². The van der Waals surface area contributed by atoms with Crippen molar-refractivity contribution in [3.05, 3.63) is 47.7 Å². The minimum Gasteiger partial charge on any atom is -0.476 e. The molecule has 6 nitrogen and oxygen atoms in total. The number of aromatic nitrogens is 1. The van der Waals surface area contributed by atoms with Crippen LogP contribution in [0.4, 0.5) is 5.82 Å². The van der Waals surface area contributed by atoms with E-state index in [0.717, 1.165) is 25.9 Å². The molecule has 1 aliphatic heterocycles. The van der Waals surface area contributed by atoms with Gasteiger partial charge in [-0.25, -0.2) is 9.78 Å². The van der Waals surface area contributed by atoms with Gasteiger partial charge in [-0.15, -0.1) is 0 Å². The van der Waals surface area contributed by atoms with E-state index in [-0.39, 0.29) is 17.4 Å². The molecule has 3 N–H and O–H groups in total. The highest BCUT2D eigenvalue weighted by molar-refractivity contribution is 5.98. The zero-order chi connectivity index (χ0) is 16.4. The number of nitrogens with two attached hydrogens (primary N) is 1. The van der Waals surface area contributed by atoms with Crippen molar-refractivity contribution in [1.29, 1.82) is 0 Å². The Bertz CT molecular complexity index is 767. The van der Waals surface area contributed by atoms with Crippen molar-refractivity contribution in [1.82, 2.24) is 9.88 Å². The zero-order valence-corrected chi connectivity index (χ0v) is 12.5. The number of carbonyl (C=O) groups is 2. The maximum absolute atomic E-state index is 12.5. The molecule has 1 aromatic heterocycles. The Morgan fingerprint density at radius 3 is 2.57 bits per heavy atom. The van der Waals surface area contributed by atoms with Crippen LogP contribution >= 0.6 is 0 Å². The molecule has 6 heteroatoms. The summed E-state index contributed by atoms with van der Waals surface area (Å²) in [4.78, 5) is 29.6. The molecule has 1 aliphatic rings. The van der Waals surface area contributed by atoms with Gasteiger partial charge in [-0.1, -0.05) is 12.1 Å². The third kappa shape index (κ3) is 3.01. The molecule has 118 valence electrons. The molecule has 0 unspecified atom stereocenters. The van der Waals surface area contributed by atoms with E-state index in [9.17, 15) is 14.7 Å². The Morgan fingerprint density at radius 2 is 1.87 bits per heavy atom. The highest BCUT2D eigenvalue weighted by Crippen LogP contribution is 2.25. The summed E-state index contributed by atoms with van der Waals surface area (Å²) in [5, 5.41) is 9.31. The first kappa shape index (κ1) is 15.0. The molecule has 1 saturated heterocycles. The fraction of sp³-hybridized carbons (Fsp3) is 0.235. The van der Waals surface area contributed by atoms with Gasteiger partial charge < -0.3 is 15.7 Å². The van der Waals surface area contributed by atoms with Crippen molar-refractivity contribution in [2.75, 3.05) is 18.8 Å². The minimum atomic E-state index is -1.15. The average Bonchev–Trinajstić information content (AvgIpc) is 3.08. The highest BCUT2D eigenvalue weighted by atomic mass is 16.4. The number of aromatic carboxylic acids is 1. The van der Waals surface area contributed by atoms with Gasteiger partial charge in [0, 0.05) is 24.2 Å². The Labute approximate surface area is 133 Å². The molecule has 0 aliphatic carbocycles. The molecular formula is C17H17N3O3. The maximum Gasteiger partial charge on any atom is 0.355 e. The lowest BCUT2D eigenvalue weighted by Crippen LogP contribution is -2.27. The topological polar surface area (TPSA) is 96.5 Å². The van der Waals surface area contributed by atoms with Crippen LogP contribution in [0.5, 0.6) is 0 Å². The van der Waals surface area contributed by atoms with Crippen LogP contribution in [0.15, 0.2) is 36.4 Å². The molecule has 0 bridgehead atoms. The first-order chi connectivity index (χ1) is 11.1. The summed E-state index contributed by atoms with van der Waals surface area (Å²) in [6.07, 6.45) is 2.05. The molecule has 1 aromatic carbocycles. The highest BCUT2D eigenvalue weighted by Gasteiger charge is 2.20. The Balaban J connectivity index is 2.00. The summed E-state index contributed by atoms with van der Waals surface area (Å²) < 4.78 is 0. The number of carbonyl (C=O) groups excluding carboxylic acids is 1. The molecule has 2 aromatic rings. The van der Waals surface area contributed by atoms with Crippen LogP contribution in [0.1, 0.15) is 33.7 Å². The first-order valence-electron chi connectivity index (χ1n) is 7.46. The molecule has 0 saturated carbocycles. The van der Waals surface area contributed by atoms with Gasteiger partial charge in [0.25, 0.3) is 5.91 Å². The number of amides is 1. The van der Waals surface area contributed by atoms with Gasteiger partial charge in [-0.3, -0.25) is 4.79 Å². The van der Waals surface area contributed by atoms with Gasteiger partial charge in [0.1, 0.15) is 5.82 Å². The second kappa shape index (κ2) is 6.08. The van der Waals surface area contributed by atoms with Crippen LogP contribution in [0.2, 0.25) is 0 Å². The second-order valence-electron chi connectivity index (χ2n) is 5.52. The fourth-order valence-electron chi connectivity index (χ4n) is 2.79. The molecular weight excluding hydrogens is 294 g/mol. The minimum absolute atomic E-state index is 0.0235. The van der Waals surface area contributed by atoms with Gasteiger partial charge >= 0.3 is 5.97 Å². The van der Waals surface area contributed by atoms with Gasteiger partial charge in [0.2, 0.25) is 0 Å². The van der Waals surface area contributed by atoms with E-state index in [1.54, 1.807) is 36.4 Å². The van der Waals surface area contributed by atoms with E-state index in [1.807, 2.05) is 4.90 Å². The number of hydrogen-bond acceptors (Lipinski definition) is 4. The standard InChI is InChI=1S/C17H17N3O3/c18-14-7-6-13(15(19-14)17(22)23)11-4-3-5-12(10-11)16(21)20-8-1-2-9-20/h3-7,10H,1-2,8-9H2,(H2,18,19)(H,22,23). The Hall–Kier alpha value is -2.89. The largest absolute Gasteiger partial charge is 0.476 e. The van der Waals surface area contributed by atoms with E-state index in [2.05, 4.69) is 4.98 Å². The molecule has 1 amide bonds. The van der Waals surface area contributed by atoms with Crippen LogP contribution in [0.3, 0.4) is 0 Å². The Kier molecular flexibility index (Phi) is 3.97. The number of pyridine rings is 1. The molecule has 2 heterocycles. The first-order valence-corrected chi connectivity index (χ1v) is 7.46. The van der Waals surface area contributed by atoms with E-state index < -0.39 is 5.97 Å². The third-order valence-corrected chi connectivity index (χ3v) is 3.93. The number of carboxylic acids is 1. The summed E-state index contributed by atoms with van der Waals surface area (Å²) >= 11 is 0. The fourth-order valence-corrected chi connectivity index (χ4v) is 2.79. The summed E-state index contributed by atoms with van der Waals surface area (Å²) in [7, 11) is 0. The average molecular weight is 311 g/mol. The number of nitrogen functional groups attached to an aromatic ring is 1. The van der Waals surface area contributed by atoms with Crippen molar-refractivity contribution < 1.29 is 14.7 Å². The van der Waals surface area contributed by atoms with Crippen molar-refractivity contribution >= 4 is 17.7 Å². The molecule has 0 radical (unpaired) electrons. The summed E-state index contributed by atoms with van der Waals surface area (Å²) in [6.45, 7) is 1.54. The molecule has 23 heavy (non-hydrogen) atoms. The van der Waals surface area contributed by atoms with E-state index in [4.69, 9.17) is 5.73 Å². The normalized spacial score (nSPS) is 14.0. The quantitative estimate of drug-likeness (QED) is 0.906. The van der Waals surface area contributed by atoms with E-state index in [1.165, 1.54) is 0 Å². The maximum atomic E-state index is 12.5. The summed E-state index contributed by atoms with van der Waals surface area (Å²) in [5.74, 6) is -1.02. The number of carboxylic acid groups (broad SMARTS) is 1. The number of likely N-dealkylation sites (tertiary alicyclic amines) is 1. The smallest absolute Gasteiger partial charge is 0.355 e. The van der Waals surface area contributed by atoms with Gasteiger partial charge in [-0.2, -0.15) is 0 Å². The van der Waals surface area contributed by atoms with Crippen LogP contribution in [-0.4, -0.2) is 40.0 Å². The van der Waals surface area contributed by atoms with Crippen LogP contribution in [-0.2, 0) is 0 Å². The molecule has 0 spiro atoms. The predicted octanol–water partition coefficient (Wildman–Crippen LogP) is 2.27. The predicted molar refractivity (Wildman–Crippen MR) is 86.2 cm³/mol.